The van der Waals surface area contributed by atoms with Crippen LogP contribution in [-0.2, 0) is 7.05 Å². The van der Waals surface area contributed by atoms with Crippen molar-refractivity contribution in [1.29, 1.82) is 0 Å². The number of hydrogen-bond acceptors (Lipinski definition) is 1. The molecule has 0 spiro atoms. The lowest BCUT2D eigenvalue weighted by molar-refractivity contribution is -0.730. The second-order valence-electron chi connectivity index (χ2n) is 1.59. The number of aryl methyl sites for hydroxylation is 2. The Bertz CT molecular complexity index is 141. The highest BCUT2D eigenvalue weighted by atomic mass is 15.4. The van der Waals surface area contributed by atoms with Gasteiger partial charge < -0.3 is 0 Å². The van der Waals surface area contributed by atoms with E-state index in [2.05, 4.69) is 10.3 Å². The molecule has 0 atom stereocenters. The van der Waals surface area contributed by atoms with E-state index in [1.807, 2.05) is 34.0 Å². The molecule has 0 aliphatic heterocycles. The number of rotatable bonds is 0. The topological polar surface area (TPSA) is 32.6 Å². The molecule has 0 unspecified atom stereocenters. The van der Waals surface area contributed by atoms with Crippen molar-refractivity contribution in [1.82, 2.24) is 10.3 Å². The predicted molar refractivity (Wildman–Crippen MR) is 35.8 cm³/mol. The maximum absolute atomic E-state index is 3.85. The molecule has 0 amide bonds. The smallest absolute Gasteiger partial charge is 0.166 e. The molecule has 0 aliphatic rings. The molecule has 1 N–H and O–H groups in total. The van der Waals surface area contributed by atoms with Crippen molar-refractivity contribution in [3.63, 3.8) is 0 Å². The van der Waals surface area contributed by atoms with E-state index in [4.69, 9.17) is 0 Å². The fourth-order valence-electron chi connectivity index (χ4n) is 0.496. The van der Waals surface area contributed by atoms with Crippen LogP contribution < -0.4 is 4.68 Å². The van der Waals surface area contributed by atoms with Crippen LogP contribution in [0.3, 0.4) is 0 Å². The molecule has 1 aromatic heterocycles. The summed E-state index contributed by atoms with van der Waals surface area (Å²) < 4.78 is 1.80. The molecule has 0 bridgehead atoms. The standard InChI is InChI=1S/C4H7N3.C2H6/c1-4-3-7(2)6-5-4;1-2/h3H,1-2H3;1-2H3/p+1. The summed E-state index contributed by atoms with van der Waals surface area (Å²) in [6.45, 7) is 5.94. The zero-order valence-corrected chi connectivity index (χ0v) is 6.47. The Hall–Kier alpha value is -0.860. The maximum atomic E-state index is 3.85. The fraction of sp³-hybridized carbons (Fsp3) is 0.667. The third-order valence-corrected chi connectivity index (χ3v) is 0.765. The van der Waals surface area contributed by atoms with Crippen molar-refractivity contribution in [2.24, 2.45) is 7.05 Å². The van der Waals surface area contributed by atoms with Crippen LogP contribution in [0.15, 0.2) is 6.20 Å². The number of H-pyrrole nitrogens is 1. The monoisotopic (exact) mass is 128 g/mol. The highest BCUT2D eigenvalue weighted by molar-refractivity contribution is 4.78. The minimum Gasteiger partial charge on any atom is -0.166 e. The summed E-state index contributed by atoms with van der Waals surface area (Å²) in [4.78, 5) is 0. The Balaban J connectivity index is 0.000000291. The van der Waals surface area contributed by atoms with Crippen LogP contribution in [0.4, 0.5) is 0 Å². The lowest BCUT2D eigenvalue weighted by atomic mass is 10.6. The molecular weight excluding hydrogens is 114 g/mol. The van der Waals surface area contributed by atoms with Gasteiger partial charge in [0.25, 0.3) is 0 Å². The van der Waals surface area contributed by atoms with Crippen LogP contribution in [0.1, 0.15) is 19.5 Å². The summed E-state index contributed by atoms with van der Waals surface area (Å²) in [5.41, 5.74) is 1.02. The van der Waals surface area contributed by atoms with Gasteiger partial charge in [-0.15, -0.1) is 0 Å². The largest absolute Gasteiger partial charge is 0.215 e. The average molecular weight is 128 g/mol. The maximum Gasteiger partial charge on any atom is 0.215 e. The Morgan fingerprint density at radius 2 is 2.11 bits per heavy atom. The third-order valence-electron chi connectivity index (χ3n) is 0.765. The molecule has 52 valence electrons. The van der Waals surface area contributed by atoms with E-state index in [9.17, 15) is 0 Å². The van der Waals surface area contributed by atoms with Gasteiger partial charge in [-0.1, -0.05) is 19.1 Å². The quantitative estimate of drug-likeness (QED) is 0.509. The predicted octanol–water partition coefficient (Wildman–Crippen LogP) is 0.569. The van der Waals surface area contributed by atoms with Crippen molar-refractivity contribution in [2.75, 3.05) is 0 Å². The first kappa shape index (κ1) is 8.14. The molecular formula is C6H14N3+. The van der Waals surface area contributed by atoms with Crippen LogP contribution in [0.5, 0.6) is 0 Å². The molecule has 0 aromatic carbocycles. The van der Waals surface area contributed by atoms with Gasteiger partial charge >= 0.3 is 0 Å². The Morgan fingerprint density at radius 1 is 1.56 bits per heavy atom. The van der Waals surface area contributed by atoms with Gasteiger partial charge in [-0.2, -0.15) is 4.68 Å². The molecule has 3 heteroatoms. The van der Waals surface area contributed by atoms with Crippen molar-refractivity contribution >= 4 is 0 Å². The van der Waals surface area contributed by atoms with E-state index in [1.54, 1.807) is 4.68 Å². The second-order valence-corrected chi connectivity index (χ2v) is 1.59. The van der Waals surface area contributed by atoms with Crippen molar-refractivity contribution in [3.05, 3.63) is 11.9 Å². The van der Waals surface area contributed by atoms with Gasteiger partial charge in [0.1, 0.15) is 7.05 Å². The number of nitrogens with zero attached hydrogens (tertiary/aromatic N) is 2. The number of aromatic nitrogens is 3. The van der Waals surface area contributed by atoms with Gasteiger partial charge in [0, 0.05) is 12.0 Å². The molecule has 1 rings (SSSR count). The van der Waals surface area contributed by atoms with Gasteiger partial charge in [0.05, 0.1) is 0 Å². The van der Waals surface area contributed by atoms with Gasteiger partial charge in [-0.25, -0.2) is 0 Å². The normalized spacial score (nSPS) is 8.00. The van der Waals surface area contributed by atoms with Crippen LogP contribution in [0.25, 0.3) is 0 Å². The zero-order valence-electron chi connectivity index (χ0n) is 6.47. The van der Waals surface area contributed by atoms with E-state index in [1.165, 1.54) is 0 Å². The molecule has 3 nitrogen and oxygen atoms in total. The summed E-state index contributed by atoms with van der Waals surface area (Å²) >= 11 is 0. The van der Waals surface area contributed by atoms with E-state index in [0.717, 1.165) is 5.69 Å². The Morgan fingerprint density at radius 3 is 2.22 bits per heavy atom. The first-order chi connectivity index (χ1) is 4.29. The van der Waals surface area contributed by atoms with Gasteiger partial charge in [-0.3, -0.25) is 0 Å². The van der Waals surface area contributed by atoms with Crippen molar-refractivity contribution < 1.29 is 4.68 Å². The molecule has 0 fully saturated rings. The minimum atomic E-state index is 1.02. The van der Waals surface area contributed by atoms with Gasteiger partial charge in [0.15, 0.2) is 6.20 Å². The minimum absolute atomic E-state index is 1.02. The first-order valence-electron chi connectivity index (χ1n) is 3.16. The lowest BCUT2D eigenvalue weighted by Gasteiger charge is -1.67. The first-order valence-corrected chi connectivity index (χ1v) is 3.16. The second kappa shape index (κ2) is 4.06. The summed E-state index contributed by atoms with van der Waals surface area (Å²) in [5.74, 6) is 0. The van der Waals surface area contributed by atoms with Crippen molar-refractivity contribution in [3.8, 4) is 0 Å². The molecule has 0 saturated carbocycles. The summed E-state index contributed by atoms with van der Waals surface area (Å²) in [6.07, 6.45) is 1.92. The zero-order chi connectivity index (χ0) is 7.28. The molecule has 0 aliphatic carbocycles. The van der Waals surface area contributed by atoms with E-state index >= 15 is 0 Å². The van der Waals surface area contributed by atoms with Crippen LogP contribution >= 0.6 is 0 Å². The highest BCUT2D eigenvalue weighted by Crippen LogP contribution is 1.75. The number of hydrogen-bond donors (Lipinski definition) is 1. The highest BCUT2D eigenvalue weighted by Gasteiger charge is 1.94. The van der Waals surface area contributed by atoms with Crippen molar-refractivity contribution in [2.45, 2.75) is 20.8 Å². The van der Waals surface area contributed by atoms with Gasteiger partial charge in [0.2, 0.25) is 5.69 Å². The molecule has 1 aromatic rings. The summed E-state index contributed by atoms with van der Waals surface area (Å²) in [6, 6.07) is 0. The van der Waals surface area contributed by atoms with Crippen LogP contribution in [0, 0.1) is 6.92 Å². The van der Waals surface area contributed by atoms with E-state index < -0.39 is 0 Å². The number of nitrogens with one attached hydrogen (secondary N) is 1. The van der Waals surface area contributed by atoms with Crippen LogP contribution in [0.2, 0.25) is 0 Å². The van der Waals surface area contributed by atoms with Crippen LogP contribution in [-0.4, -0.2) is 10.3 Å². The SMILES string of the molecule is CC.Cc1c[n+](C)[nH]n1. The lowest BCUT2D eigenvalue weighted by Crippen LogP contribution is -2.28. The molecule has 0 radical (unpaired) electrons. The fourth-order valence-corrected chi connectivity index (χ4v) is 0.496. The van der Waals surface area contributed by atoms with E-state index in [-0.39, 0.29) is 0 Å². The Kier molecular flexibility index (Phi) is 3.67. The summed E-state index contributed by atoms with van der Waals surface area (Å²) in [7, 11) is 1.90. The number of aromatic amines is 1. The van der Waals surface area contributed by atoms with E-state index in [0.29, 0.717) is 0 Å². The third kappa shape index (κ3) is 2.85. The van der Waals surface area contributed by atoms with Gasteiger partial charge in [-0.05, 0) is 0 Å². The summed E-state index contributed by atoms with van der Waals surface area (Å²) in [5, 5.41) is 6.59. The molecule has 9 heavy (non-hydrogen) atoms. The molecule has 1 heterocycles. The Labute approximate surface area is 55.7 Å². The average Bonchev–Trinajstić information content (AvgIpc) is 2.20. The molecule has 0 saturated heterocycles.